The molecule has 0 unspecified atom stereocenters. The third-order valence-corrected chi connectivity index (χ3v) is 6.69. The lowest BCUT2D eigenvalue weighted by Crippen LogP contribution is -2.45. The number of rotatable bonds is 1. The smallest absolute Gasteiger partial charge is 0.0783 e. The highest BCUT2D eigenvalue weighted by atomic mass is 79.9. The number of pyridine rings is 1. The molecule has 1 atom stereocenters. The largest absolute Gasteiger partial charge is 0.314 e. The Morgan fingerprint density at radius 2 is 1.96 bits per heavy atom. The Kier molecular flexibility index (Phi) is 4.78. The second-order valence-corrected chi connectivity index (χ2v) is 8.36. The molecule has 2 heterocycles. The van der Waals surface area contributed by atoms with Gasteiger partial charge in [-0.1, -0.05) is 28.1 Å². The summed E-state index contributed by atoms with van der Waals surface area (Å²) in [5, 5.41) is 3.47. The molecule has 2 aliphatic rings. The van der Waals surface area contributed by atoms with Gasteiger partial charge in [0.05, 0.1) is 11.7 Å². The van der Waals surface area contributed by atoms with Gasteiger partial charge in [0.1, 0.15) is 0 Å². The molecule has 4 rings (SSSR count). The molecule has 1 aliphatic heterocycles. The van der Waals surface area contributed by atoms with Crippen LogP contribution in [0.3, 0.4) is 0 Å². The SMILES string of the molecule is Cc1ccc2c(c1Br)CCc1cc(Br)cnc1[C@H]2N1CCNCC1. The molecule has 0 bridgehead atoms. The van der Waals surface area contributed by atoms with E-state index in [1.165, 1.54) is 32.4 Å². The number of aryl methyl sites for hydroxylation is 2. The van der Waals surface area contributed by atoms with Crippen LogP contribution in [-0.2, 0) is 12.8 Å². The van der Waals surface area contributed by atoms with E-state index in [1.54, 1.807) is 0 Å². The number of benzene rings is 1. The number of piperazine rings is 1. The minimum Gasteiger partial charge on any atom is -0.314 e. The molecule has 0 saturated carbocycles. The zero-order chi connectivity index (χ0) is 16.7. The second kappa shape index (κ2) is 6.87. The van der Waals surface area contributed by atoms with E-state index in [0.717, 1.165) is 43.5 Å². The van der Waals surface area contributed by atoms with E-state index in [0.29, 0.717) is 0 Å². The van der Waals surface area contributed by atoms with Crippen LogP contribution < -0.4 is 5.32 Å². The molecule has 1 aromatic heterocycles. The van der Waals surface area contributed by atoms with Crippen molar-refractivity contribution >= 4 is 31.9 Å². The summed E-state index contributed by atoms with van der Waals surface area (Å²) in [5.74, 6) is 0. The Bertz CT molecular complexity index is 769. The maximum Gasteiger partial charge on any atom is 0.0783 e. The van der Waals surface area contributed by atoms with Crippen LogP contribution in [0.25, 0.3) is 0 Å². The normalized spacial score (nSPS) is 21.0. The number of aromatic nitrogens is 1. The van der Waals surface area contributed by atoms with Crippen LogP contribution in [0.5, 0.6) is 0 Å². The van der Waals surface area contributed by atoms with Crippen molar-refractivity contribution in [3.63, 3.8) is 0 Å². The van der Waals surface area contributed by atoms with Crippen LogP contribution in [0.1, 0.15) is 34.0 Å². The molecule has 1 N–H and O–H groups in total. The Morgan fingerprint density at radius 3 is 2.75 bits per heavy atom. The number of hydrogen-bond acceptors (Lipinski definition) is 3. The fourth-order valence-electron chi connectivity index (χ4n) is 3.92. The zero-order valence-electron chi connectivity index (χ0n) is 13.8. The van der Waals surface area contributed by atoms with E-state index in [1.807, 2.05) is 6.20 Å². The molecule has 5 heteroatoms. The van der Waals surface area contributed by atoms with E-state index < -0.39 is 0 Å². The molecule has 1 fully saturated rings. The first kappa shape index (κ1) is 16.7. The van der Waals surface area contributed by atoms with Gasteiger partial charge in [-0.3, -0.25) is 9.88 Å². The summed E-state index contributed by atoms with van der Waals surface area (Å²) in [4.78, 5) is 7.45. The predicted molar refractivity (Wildman–Crippen MR) is 105 cm³/mol. The molecule has 24 heavy (non-hydrogen) atoms. The van der Waals surface area contributed by atoms with Crippen LogP contribution in [0.4, 0.5) is 0 Å². The van der Waals surface area contributed by atoms with Gasteiger partial charge in [0.2, 0.25) is 0 Å². The average molecular weight is 451 g/mol. The highest BCUT2D eigenvalue weighted by molar-refractivity contribution is 9.10. The molecule has 126 valence electrons. The Balaban J connectivity index is 1.90. The summed E-state index contributed by atoms with van der Waals surface area (Å²) in [7, 11) is 0. The van der Waals surface area contributed by atoms with Crippen LogP contribution in [0.15, 0.2) is 33.3 Å². The van der Waals surface area contributed by atoms with Gasteiger partial charge >= 0.3 is 0 Å². The van der Waals surface area contributed by atoms with Gasteiger partial charge in [0.15, 0.2) is 0 Å². The van der Waals surface area contributed by atoms with Gasteiger partial charge in [-0.2, -0.15) is 0 Å². The molecule has 0 spiro atoms. The number of fused-ring (bicyclic) bond motifs is 2. The quantitative estimate of drug-likeness (QED) is 0.711. The standard InChI is InChI=1S/C19H21Br2N3/c1-12-2-4-16-15(17(12)21)5-3-13-10-14(20)11-23-18(13)19(16)24-8-6-22-7-9-24/h2,4,10-11,19,22H,3,5-9H2,1H3/t19-/m0/s1. The molecule has 0 amide bonds. The number of nitrogens with zero attached hydrogens (tertiary/aromatic N) is 2. The van der Waals surface area contributed by atoms with E-state index in [2.05, 4.69) is 67.2 Å². The van der Waals surface area contributed by atoms with Crippen LogP contribution in [0, 0.1) is 6.92 Å². The summed E-state index contributed by atoms with van der Waals surface area (Å²) < 4.78 is 2.34. The van der Waals surface area contributed by atoms with Gasteiger partial charge in [-0.05, 0) is 64.0 Å². The van der Waals surface area contributed by atoms with Crippen molar-refractivity contribution < 1.29 is 0 Å². The van der Waals surface area contributed by atoms with Crippen molar-refractivity contribution in [1.82, 2.24) is 15.2 Å². The Morgan fingerprint density at radius 1 is 1.17 bits per heavy atom. The topological polar surface area (TPSA) is 28.2 Å². The lowest BCUT2D eigenvalue weighted by Gasteiger charge is -2.36. The summed E-state index contributed by atoms with van der Waals surface area (Å²) >= 11 is 7.45. The Hall–Kier alpha value is -0.750. The maximum absolute atomic E-state index is 4.86. The molecule has 2 aromatic rings. The fraction of sp³-hybridized carbons (Fsp3) is 0.421. The molecular formula is C19H21Br2N3. The van der Waals surface area contributed by atoms with Crippen LogP contribution >= 0.6 is 31.9 Å². The third-order valence-electron chi connectivity index (χ3n) is 5.16. The second-order valence-electron chi connectivity index (χ2n) is 6.65. The average Bonchev–Trinajstić information content (AvgIpc) is 2.76. The lowest BCUT2D eigenvalue weighted by molar-refractivity contribution is 0.195. The molecular weight excluding hydrogens is 430 g/mol. The van der Waals surface area contributed by atoms with Crippen molar-refractivity contribution in [2.75, 3.05) is 26.2 Å². The first-order chi connectivity index (χ1) is 11.6. The van der Waals surface area contributed by atoms with Crippen molar-refractivity contribution in [1.29, 1.82) is 0 Å². The molecule has 0 radical (unpaired) electrons. The third kappa shape index (κ3) is 2.96. The van der Waals surface area contributed by atoms with Crippen molar-refractivity contribution in [2.45, 2.75) is 25.8 Å². The van der Waals surface area contributed by atoms with Crippen molar-refractivity contribution in [3.05, 3.63) is 61.3 Å². The van der Waals surface area contributed by atoms with E-state index in [4.69, 9.17) is 4.98 Å². The molecule has 1 aromatic carbocycles. The summed E-state index contributed by atoms with van der Waals surface area (Å²) in [6, 6.07) is 7.07. The highest BCUT2D eigenvalue weighted by Gasteiger charge is 2.31. The molecule has 1 saturated heterocycles. The number of nitrogens with one attached hydrogen (secondary N) is 1. The first-order valence-electron chi connectivity index (χ1n) is 8.52. The zero-order valence-corrected chi connectivity index (χ0v) is 17.0. The first-order valence-corrected chi connectivity index (χ1v) is 10.1. The van der Waals surface area contributed by atoms with Crippen LogP contribution in [-0.4, -0.2) is 36.1 Å². The van der Waals surface area contributed by atoms with Crippen molar-refractivity contribution in [3.8, 4) is 0 Å². The van der Waals surface area contributed by atoms with Gasteiger partial charge in [-0.15, -0.1) is 0 Å². The van der Waals surface area contributed by atoms with Gasteiger partial charge in [-0.25, -0.2) is 0 Å². The minimum absolute atomic E-state index is 0.254. The number of hydrogen-bond donors (Lipinski definition) is 1. The fourth-order valence-corrected chi connectivity index (χ4v) is 4.86. The van der Waals surface area contributed by atoms with E-state index in [-0.39, 0.29) is 6.04 Å². The Labute approximate surface area is 160 Å². The summed E-state index contributed by atoms with van der Waals surface area (Å²) in [6.07, 6.45) is 4.05. The molecule has 3 nitrogen and oxygen atoms in total. The maximum atomic E-state index is 4.86. The van der Waals surface area contributed by atoms with E-state index >= 15 is 0 Å². The lowest BCUT2D eigenvalue weighted by atomic mass is 9.95. The predicted octanol–water partition coefficient (Wildman–Crippen LogP) is 4.01. The van der Waals surface area contributed by atoms with Gasteiger partial charge < -0.3 is 5.32 Å². The van der Waals surface area contributed by atoms with E-state index in [9.17, 15) is 0 Å². The summed E-state index contributed by atoms with van der Waals surface area (Å²) in [6.45, 7) is 6.39. The minimum atomic E-state index is 0.254. The monoisotopic (exact) mass is 449 g/mol. The van der Waals surface area contributed by atoms with Crippen LogP contribution in [0.2, 0.25) is 0 Å². The van der Waals surface area contributed by atoms with Gasteiger partial charge in [0, 0.05) is 41.3 Å². The van der Waals surface area contributed by atoms with Gasteiger partial charge in [0.25, 0.3) is 0 Å². The van der Waals surface area contributed by atoms with Crippen molar-refractivity contribution in [2.24, 2.45) is 0 Å². The highest BCUT2D eigenvalue weighted by Crippen LogP contribution is 2.40. The molecule has 1 aliphatic carbocycles. The summed E-state index contributed by atoms with van der Waals surface area (Å²) in [5.41, 5.74) is 6.78. The number of halogens is 2.